The molecule has 0 amide bonds. The van der Waals surface area contributed by atoms with Crippen LogP contribution in [-0.2, 0) is 0 Å². The minimum Gasteiger partial charge on any atom is -0.0866 e. The van der Waals surface area contributed by atoms with Crippen molar-refractivity contribution in [2.45, 2.75) is 20.8 Å². The van der Waals surface area contributed by atoms with E-state index in [9.17, 15) is 0 Å². The van der Waals surface area contributed by atoms with Crippen molar-refractivity contribution in [1.29, 1.82) is 0 Å². The Balaban J connectivity index is 3.35. The fourth-order valence-corrected chi connectivity index (χ4v) is 0.377. The summed E-state index contributed by atoms with van der Waals surface area (Å²) in [6.45, 7) is 12.3. The maximum atomic E-state index is 4.99. The minimum absolute atomic E-state index is 0.625. The molecule has 0 spiro atoms. The number of hydrogen-bond donors (Lipinski definition) is 0. The summed E-state index contributed by atoms with van der Waals surface area (Å²) in [6, 6.07) is 0. The van der Waals surface area contributed by atoms with Crippen LogP contribution >= 0.6 is 0 Å². The van der Waals surface area contributed by atoms with Crippen molar-refractivity contribution >= 4 is 0 Å². The van der Waals surface area contributed by atoms with Crippen LogP contribution in [0.2, 0.25) is 0 Å². The van der Waals surface area contributed by atoms with Gasteiger partial charge < -0.3 is 0 Å². The lowest BCUT2D eigenvalue weighted by Gasteiger charge is -2.04. The van der Waals surface area contributed by atoms with Crippen molar-refractivity contribution in [1.82, 2.24) is 0 Å². The lowest BCUT2D eigenvalue weighted by molar-refractivity contribution is 0.448. The Morgan fingerprint density at radius 1 is 1.38 bits per heavy atom. The van der Waals surface area contributed by atoms with Gasteiger partial charge in [0.15, 0.2) is 0 Å². The maximum Gasteiger partial charge on any atom is 0.266 e. The summed E-state index contributed by atoms with van der Waals surface area (Å²) in [5.41, 5.74) is 0. The van der Waals surface area contributed by atoms with Gasteiger partial charge in [0.05, 0.1) is 0 Å². The molecule has 0 saturated carbocycles. The maximum absolute atomic E-state index is 4.99. The third-order valence-electron chi connectivity index (χ3n) is 1.53. The summed E-state index contributed by atoms with van der Waals surface area (Å²) in [5, 5.41) is 0. The van der Waals surface area contributed by atoms with Crippen LogP contribution in [0.15, 0.2) is 0 Å². The zero-order valence-corrected chi connectivity index (χ0v) is 5.89. The second-order valence-corrected chi connectivity index (χ2v) is 2.59. The summed E-state index contributed by atoms with van der Waals surface area (Å²) < 4.78 is 0. The van der Waals surface area contributed by atoms with Crippen molar-refractivity contribution in [3.05, 3.63) is 4.85 Å². The molecule has 0 rings (SSSR count). The Kier molecular flexibility index (Phi) is 3.26. The van der Waals surface area contributed by atoms with Crippen LogP contribution in [-0.4, -0.2) is 6.54 Å². The van der Waals surface area contributed by atoms with Crippen LogP contribution in [0.3, 0.4) is 0 Å². The van der Waals surface area contributed by atoms with Crippen molar-refractivity contribution in [2.75, 3.05) is 6.54 Å². The first-order valence-corrected chi connectivity index (χ1v) is 3.05. The summed E-state index contributed by atoms with van der Waals surface area (Å²) >= 11 is 0. The van der Waals surface area contributed by atoms with E-state index in [2.05, 4.69) is 25.6 Å². The Morgan fingerprint density at radius 2 is 1.88 bits per heavy atom. The van der Waals surface area contributed by atoms with Crippen LogP contribution in [0.25, 0.3) is 4.85 Å². The zero-order chi connectivity index (χ0) is 6.57. The molecule has 0 aromatic heterocycles. The van der Waals surface area contributed by atoms with Gasteiger partial charge in [0.25, 0.3) is 13.1 Å². The van der Waals surface area contributed by atoms with E-state index in [1.807, 2.05) is 0 Å². The lowest BCUT2D eigenvalue weighted by Crippen LogP contribution is -2.05. The molecular formula is C7H14N+. The number of nitrogens with zero attached hydrogens (tertiary/aromatic N) is 1. The Morgan fingerprint density at radius 3 is 2.00 bits per heavy atom. The summed E-state index contributed by atoms with van der Waals surface area (Å²) in [5.74, 6) is 1.32. The van der Waals surface area contributed by atoms with Gasteiger partial charge in [0, 0.05) is 5.92 Å². The van der Waals surface area contributed by atoms with E-state index in [-0.39, 0.29) is 0 Å². The molecular weight excluding hydrogens is 98.1 g/mol. The highest BCUT2D eigenvalue weighted by Crippen LogP contribution is 2.08. The fourth-order valence-electron chi connectivity index (χ4n) is 0.377. The smallest absolute Gasteiger partial charge is 0.0866 e. The largest absolute Gasteiger partial charge is 0.266 e. The van der Waals surface area contributed by atoms with E-state index in [1.165, 1.54) is 0 Å². The molecule has 0 saturated heterocycles. The number of hydrogen-bond acceptors (Lipinski definition) is 0. The molecule has 0 fully saturated rings. The van der Waals surface area contributed by atoms with Gasteiger partial charge in [-0.3, -0.25) is 0 Å². The van der Waals surface area contributed by atoms with Crippen molar-refractivity contribution in [3.8, 4) is 6.57 Å². The van der Waals surface area contributed by atoms with Crippen LogP contribution in [0, 0.1) is 18.4 Å². The lowest BCUT2D eigenvalue weighted by atomic mass is 9.99. The summed E-state index contributed by atoms with van der Waals surface area (Å²) in [7, 11) is 0. The van der Waals surface area contributed by atoms with E-state index in [0.29, 0.717) is 11.8 Å². The molecule has 0 aromatic rings. The molecule has 1 unspecified atom stereocenters. The molecule has 0 radical (unpaired) electrons. The average Bonchev–Trinajstić information content (AvgIpc) is 1.67. The van der Waals surface area contributed by atoms with Crippen LogP contribution < -0.4 is 0 Å². The van der Waals surface area contributed by atoms with Crippen molar-refractivity contribution < 1.29 is 0 Å². The topological polar surface area (TPSA) is 4.36 Å². The number of rotatable bonds is 2. The highest BCUT2D eigenvalue weighted by Gasteiger charge is 2.09. The quantitative estimate of drug-likeness (QED) is 0.516. The van der Waals surface area contributed by atoms with Crippen LogP contribution in [0.1, 0.15) is 20.8 Å². The third kappa shape index (κ3) is 2.63. The molecule has 0 heterocycles. The van der Waals surface area contributed by atoms with Crippen LogP contribution in [0.4, 0.5) is 0 Å². The zero-order valence-electron chi connectivity index (χ0n) is 5.89. The molecule has 1 atom stereocenters. The van der Waals surface area contributed by atoms with Gasteiger partial charge in [-0.2, -0.15) is 0 Å². The Labute approximate surface area is 51.5 Å². The van der Waals surface area contributed by atoms with Gasteiger partial charge in [0.2, 0.25) is 0 Å². The first-order chi connectivity index (χ1) is 3.68. The second kappa shape index (κ2) is 3.49. The van der Waals surface area contributed by atoms with Gasteiger partial charge in [-0.25, -0.2) is 0 Å². The predicted octanol–water partition coefficient (Wildman–Crippen LogP) is 2.24. The molecule has 0 aromatic carbocycles. The standard InChI is InChI=1S/C7H14N/c1-6(2)7(3)5-8-4/h4,6-7H,5H2,1-3H3/q+1. The van der Waals surface area contributed by atoms with Crippen molar-refractivity contribution in [2.24, 2.45) is 11.8 Å². The third-order valence-corrected chi connectivity index (χ3v) is 1.53. The highest BCUT2D eigenvalue weighted by atomic mass is 14.6. The van der Waals surface area contributed by atoms with E-state index < -0.39 is 0 Å². The average molecular weight is 112 g/mol. The van der Waals surface area contributed by atoms with Crippen molar-refractivity contribution in [3.63, 3.8) is 0 Å². The molecule has 8 heavy (non-hydrogen) atoms. The highest BCUT2D eigenvalue weighted by molar-refractivity contribution is 4.72. The van der Waals surface area contributed by atoms with E-state index in [0.717, 1.165) is 6.54 Å². The molecule has 1 nitrogen and oxygen atoms in total. The van der Waals surface area contributed by atoms with E-state index in [1.54, 1.807) is 0 Å². The molecule has 0 bridgehead atoms. The first kappa shape index (κ1) is 7.49. The van der Waals surface area contributed by atoms with Gasteiger partial charge in [-0.15, -0.1) is 0 Å². The molecule has 0 N–H and O–H groups in total. The van der Waals surface area contributed by atoms with Gasteiger partial charge in [-0.05, 0) is 5.92 Å². The van der Waals surface area contributed by atoms with Gasteiger partial charge >= 0.3 is 0 Å². The Bertz CT molecular complexity index is 89.1. The Hall–Kier alpha value is -0.510. The van der Waals surface area contributed by atoms with Gasteiger partial charge in [-0.1, -0.05) is 25.6 Å². The molecule has 1 heteroatoms. The minimum atomic E-state index is 0.625. The summed E-state index contributed by atoms with van der Waals surface area (Å²) in [4.78, 5) is 3.56. The molecule has 0 aliphatic rings. The second-order valence-electron chi connectivity index (χ2n) is 2.59. The van der Waals surface area contributed by atoms with Crippen LogP contribution in [0.5, 0.6) is 0 Å². The SMILES string of the molecule is C#[N+]CC(C)C(C)C. The monoisotopic (exact) mass is 112 g/mol. The fraction of sp³-hybridized carbons (Fsp3) is 0.857. The molecule has 0 aliphatic carbocycles. The van der Waals surface area contributed by atoms with Gasteiger partial charge in [0.1, 0.15) is 0 Å². The summed E-state index contributed by atoms with van der Waals surface area (Å²) in [6.07, 6.45) is 0. The normalized spacial score (nSPS) is 13.4. The van der Waals surface area contributed by atoms with E-state index in [4.69, 9.17) is 6.57 Å². The molecule has 46 valence electrons. The van der Waals surface area contributed by atoms with E-state index >= 15 is 0 Å². The first-order valence-electron chi connectivity index (χ1n) is 3.05. The molecule has 0 aliphatic heterocycles. The predicted molar refractivity (Wildman–Crippen MR) is 37.2 cm³/mol.